The normalized spacial score (nSPS) is 22.7. The number of H-pyrrole nitrogens is 1. The molecule has 1 aliphatic rings. The molecule has 19 heavy (non-hydrogen) atoms. The third kappa shape index (κ3) is 2.80. The molecule has 2 aromatic rings. The summed E-state index contributed by atoms with van der Waals surface area (Å²) in [7, 11) is 0. The highest BCUT2D eigenvalue weighted by Crippen LogP contribution is 2.22. The van der Waals surface area contributed by atoms with Crippen molar-refractivity contribution in [2.24, 2.45) is 5.92 Å². The Balaban J connectivity index is 1.69. The van der Waals surface area contributed by atoms with Gasteiger partial charge in [0.25, 0.3) is 0 Å². The van der Waals surface area contributed by atoms with Gasteiger partial charge in [-0.05, 0) is 43.9 Å². The van der Waals surface area contributed by atoms with Gasteiger partial charge in [0, 0.05) is 18.5 Å². The number of nitrogens with zero attached hydrogens (tertiary/aromatic N) is 2. The van der Waals surface area contributed by atoms with Gasteiger partial charge < -0.3 is 5.11 Å². The molecule has 102 valence electrons. The highest BCUT2D eigenvalue weighted by molar-refractivity contribution is 5.78. The Morgan fingerprint density at radius 3 is 3.26 bits per heavy atom. The van der Waals surface area contributed by atoms with Crippen molar-refractivity contribution in [3.63, 3.8) is 0 Å². The Kier molecular flexibility index (Phi) is 3.53. The number of benzene rings is 1. The number of piperidine rings is 1. The zero-order valence-electron chi connectivity index (χ0n) is 11.3. The lowest BCUT2D eigenvalue weighted by molar-refractivity contribution is 0.0599. The number of likely N-dealkylation sites (tertiary alicyclic amines) is 1. The van der Waals surface area contributed by atoms with E-state index in [4.69, 9.17) is 0 Å². The molecule has 0 saturated carbocycles. The predicted molar refractivity (Wildman–Crippen MR) is 75.8 cm³/mol. The average Bonchev–Trinajstić information content (AvgIpc) is 2.86. The number of aromatic amines is 1. The second-order valence-electron chi connectivity index (χ2n) is 5.67. The molecule has 1 saturated heterocycles. The molecule has 2 N–H and O–H groups in total. The number of aromatic nitrogens is 2. The van der Waals surface area contributed by atoms with Gasteiger partial charge in [0.15, 0.2) is 0 Å². The quantitative estimate of drug-likeness (QED) is 0.888. The molecule has 2 atom stereocenters. The smallest absolute Gasteiger partial charge is 0.0653 e. The largest absolute Gasteiger partial charge is 0.393 e. The Hall–Kier alpha value is -1.39. The first-order valence-electron chi connectivity index (χ1n) is 7.05. The summed E-state index contributed by atoms with van der Waals surface area (Å²) in [6, 6.07) is 6.46. The summed E-state index contributed by atoms with van der Waals surface area (Å²) in [5.74, 6) is 0.421. The van der Waals surface area contributed by atoms with Crippen molar-refractivity contribution < 1.29 is 5.11 Å². The number of aliphatic hydroxyl groups excluding tert-OH is 1. The Bertz CT molecular complexity index is 549. The van der Waals surface area contributed by atoms with Crippen molar-refractivity contribution in [1.82, 2.24) is 15.1 Å². The van der Waals surface area contributed by atoms with Crippen LogP contribution in [0.4, 0.5) is 0 Å². The second kappa shape index (κ2) is 5.31. The van der Waals surface area contributed by atoms with Crippen LogP contribution in [0.15, 0.2) is 24.4 Å². The van der Waals surface area contributed by atoms with Crippen LogP contribution in [0.25, 0.3) is 10.9 Å². The van der Waals surface area contributed by atoms with Crippen molar-refractivity contribution in [1.29, 1.82) is 0 Å². The molecule has 0 aliphatic carbocycles. The standard InChI is InChI=1S/C15H21N3O/c1-11(19)14-3-2-6-18(10-14)9-12-4-5-13-8-16-17-15(13)7-12/h4-5,7-8,11,14,19H,2-3,6,9-10H2,1H3,(H,16,17). The van der Waals surface area contributed by atoms with Crippen LogP contribution in [-0.4, -0.2) is 39.4 Å². The number of nitrogens with one attached hydrogen (secondary N) is 1. The van der Waals surface area contributed by atoms with Crippen LogP contribution >= 0.6 is 0 Å². The third-order valence-electron chi connectivity index (χ3n) is 4.14. The summed E-state index contributed by atoms with van der Waals surface area (Å²) >= 11 is 0. The molecule has 0 radical (unpaired) electrons. The van der Waals surface area contributed by atoms with Crippen molar-refractivity contribution >= 4 is 10.9 Å². The van der Waals surface area contributed by atoms with Gasteiger partial charge in [-0.3, -0.25) is 10.00 Å². The average molecular weight is 259 g/mol. The van der Waals surface area contributed by atoms with E-state index < -0.39 is 0 Å². The van der Waals surface area contributed by atoms with E-state index in [0.29, 0.717) is 5.92 Å². The fraction of sp³-hybridized carbons (Fsp3) is 0.533. The van der Waals surface area contributed by atoms with E-state index in [1.807, 2.05) is 13.1 Å². The van der Waals surface area contributed by atoms with E-state index in [1.54, 1.807) is 0 Å². The topological polar surface area (TPSA) is 52.1 Å². The molecule has 1 aromatic carbocycles. The number of hydrogen-bond donors (Lipinski definition) is 2. The molecule has 4 heteroatoms. The van der Waals surface area contributed by atoms with Crippen LogP contribution in [0.1, 0.15) is 25.3 Å². The summed E-state index contributed by atoms with van der Waals surface area (Å²) in [5.41, 5.74) is 2.41. The van der Waals surface area contributed by atoms with E-state index >= 15 is 0 Å². The van der Waals surface area contributed by atoms with E-state index in [9.17, 15) is 5.11 Å². The highest BCUT2D eigenvalue weighted by Gasteiger charge is 2.23. The van der Waals surface area contributed by atoms with Gasteiger partial charge >= 0.3 is 0 Å². The van der Waals surface area contributed by atoms with Crippen molar-refractivity contribution in [2.75, 3.05) is 13.1 Å². The molecule has 1 aromatic heterocycles. The lowest BCUT2D eigenvalue weighted by atomic mass is 9.93. The Morgan fingerprint density at radius 2 is 2.42 bits per heavy atom. The van der Waals surface area contributed by atoms with Gasteiger partial charge in [0.1, 0.15) is 0 Å². The molecule has 3 rings (SSSR count). The van der Waals surface area contributed by atoms with Crippen LogP contribution in [-0.2, 0) is 6.54 Å². The molecule has 1 fully saturated rings. The zero-order valence-corrected chi connectivity index (χ0v) is 11.3. The lowest BCUT2D eigenvalue weighted by Crippen LogP contribution is -2.38. The molecular weight excluding hydrogens is 238 g/mol. The van der Waals surface area contributed by atoms with Gasteiger partial charge in [0.2, 0.25) is 0 Å². The van der Waals surface area contributed by atoms with Crippen molar-refractivity contribution in [3.8, 4) is 0 Å². The summed E-state index contributed by atoms with van der Waals surface area (Å²) in [6.45, 7) is 4.99. The molecule has 0 spiro atoms. The van der Waals surface area contributed by atoms with Crippen LogP contribution in [0, 0.1) is 5.92 Å². The lowest BCUT2D eigenvalue weighted by Gasteiger charge is -2.34. The summed E-state index contributed by atoms with van der Waals surface area (Å²) in [5, 5.41) is 18.0. The minimum atomic E-state index is -0.196. The van der Waals surface area contributed by atoms with E-state index in [-0.39, 0.29) is 6.10 Å². The predicted octanol–water partition coefficient (Wildman–Crippen LogP) is 2.16. The van der Waals surface area contributed by atoms with Crippen LogP contribution < -0.4 is 0 Å². The number of hydrogen-bond acceptors (Lipinski definition) is 3. The van der Waals surface area contributed by atoms with E-state index in [0.717, 1.165) is 37.0 Å². The summed E-state index contributed by atoms with van der Waals surface area (Å²) in [6.07, 6.45) is 3.98. The SMILES string of the molecule is CC(O)C1CCCN(Cc2ccc3cn[nH]c3c2)C1. The molecule has 0 bridgehead atoms. The molecule has 4 nitrogen and oxygen atoms in total. The Labute approximate surface area is 113 Å². The van der Waals surface area contributed by atoms with Gasteiger partial charge in [-0.15, -0.1) is 0 Å². The Morgan fingerprint density at radius 1 is 1.53 bits per heavy atom. The molecular formula is C15H21N3O. The third-order valence-corrected chi connectivity index (χ3v) is 4.14. The maximum Gasteiger partial charge on any atom is 0.0653 e. The number of aliphatic hydroxyl groups is 1. The zero-order chi connectivity index (χ0) is 13.2. The van der Waals surface area contributed by atoms with Gasteiger partial charge in [0.05, 0.1) is 17.8 Å². The first kappa shape index (κ1) is 12.6. The minimum absolute atomic E-state index is 0.196. The first-order chi connectivity index (χ1) is 9.22. The van der Waals surface area contributed by atoms with Crippen LogP contribution in [0.2, 0.25) is 0 Å². The first-order valence-corrected chi connectivity index (χ1v) is 7.05. The molecule has 2 unspecified atom stereocenters. The highest BCUT2D eigenvalue weighted by atomic mass is 16.3. The second-order valence-corrected chi connectivity index (χ2v) is 5.67. The van der Waals surface area contributed by atoms with Gasteiger partial charge in [-0.25, -0.2) is 0 Å². The van der Waals surface area contributed by atoms with Gasteiger partial charge in [-0.1, -0.05) is 12.1 Å². The summed E-state index contributed by atoms with van der Waals surface area (Å²) in [4.78, 5) is 2.44. The summed E-state index contributed by atoms with van der Waals surface area (Å²) < 4.78 is 0. The maximum atomic E-state index is 9.73. The fourth-order valence-corrected chi connectivity index (χ4v) is 2.97. The van der Waals surface area contributed by atoms with Crippen molar-refractivity contribution in [3.05, 3.63) is 30.0 Å². The van der Waals surface area contributed by atoms with Crippen molar-refractivity contribution in [2.45, 2.75) is 32.4 Å². The minimum Gasteiger partial charge on any atom is -0.393 e. The van der Waals surface area contributed by atoms with E-state index in [2.05, 4.69) is 33.3 Å². The van der Waals surface area contributed by atoms with Crippen LogP contribution in [0.3, 0.4) is 0 Å². The number of rotatable bonds is 3. The van der Waals surface area contributed by atoms with Gasteiger partial charge in [-0.2, -0.15) is 5.10 Å². The molecule has 0 amide bonds. The van der Waals surface area contributed by atoms with E-state index in [1.165, 1.54) is 12.0 Å². The molecule has 1 aliphatic heterocycles. The fourth-order valence-electron chi connectivity index (χ4n) is 2.97. The maximum absolute atomic E-state index is 9.73. The monoisotopic (exact) mass is 259 g/mol. The number of fused-ring (bicyclic) bond motifs is 1. The van der Waals surface area contributed by atoms with Crippen LogP contribution in [0.5, 0.6) is 0 Å². The molecule has 2 heterocycles.